The number of hydrogen-bond acceptors (Lipinski definition) is 3. The fourth-order valence-corrected chi connectivity index (χ4v) is 2.08. The summed E-state index contributed by atoms with van der Waals surface area (Å²) < 4.78 is 5.89. The molecule has 21 heavy (non-hydrogen) atoms. The van der Waals surface area contributed by atoms with Crippen LogP contribution in [0.5, 0.6) is 0 Å². The van der Waals surface area contributed by atoms with Gasteiger partial charge in [-0.15, -0.1) is 0 Å². The van der Waals surface area contributed by atoms with Gasteiger partial charge in [0.25, 0.3) is 0 Å². The third-order valence-electron chi connectivity index (χ3n) is 3.38. The van der Waals surface area contributed by atoms with Crippen LogP contribution in [0.4, 0.5) is 5.69 Å². The molecule has 0 aliphatic rings. The van der Waals surface area contributed by atoms with E-state index in [-0.39, 0.29) is 5.54 Å². The highest BCUT2D eigenvalue weighted by Gasteiger charge is 2.11. The standard InChI is InChI=1S/C18H26N2O/c1-14-6-8-15(9-7-14)20(5)13-17-11-10-16(21-17)12-19-18(2,3)4/h6-11,19H,12-13H2,1-5H3. The summed E-state index contributed by atoms with van der Waals surface area (Å²) in [4.78, 5) is 2.19. The number of nitrogens with zero attached hydrogens (tertiary/aromatic N) is 1. The molecule has 0 amide bonds. The summed E-state index contributed by atoms with van der Waals surface area (Å²) in [6, 6.07) is 12.7. The average molecular weight is 286 g/mol. The normalized spacial score (nSPS) is 11.7. The summed E-state index contributed by atoms with van der Waals surface area (Å²) in [7, 11) is 2.08. The Hall–Kier alpha value is -1.74. The van der Waals surface area contributed by atoms with Crippen LogP contribution in [0.3, 0.4) is 0 Å². The van der Waals surface area contributed by atoms with E-state index in [2.05, 4.69) is 81.4 Å². The Labute approximate surface area is 128 Å². The fourth-order valence-electron chi connectivity index (χ4n) is 2.08. The van der Waals surface area contributed by atoms with Crippen molar-refractivity contribution >= 4 is 5.69 Å². The monoisotopic (exact) mass is 286 g/mol. The molecule has 3 heteroatoms. The molecule has 3 nitrogen and oxygen atoms in total. The van der Waals surface area contributed by atoms with E-state index in [0.717, 1.165) is 24.6 Å². The molecule has 0 spiro atoms. The molecule has 0 unspecified atom stereocenters. The smallest absolute Gasteiger partial charge is 0.123 e. The van der Waals surface area contributed by atoms with Crippen LogP contribution < -0.4 is 10.2 Å². The Balaban J connectivity index is 1.94. The lowest BCUT2D eigenvalue weighted by Crippen LogP contribution is -2.34. The third kappa shape index (κ3) is 4.94. The van der Waals surface area contributed by atoms with Gasteiger partial charge in [0.1, 0.15) is 11.5 Å². The second kappa shape index (κ2) is 6.35. The summed E-state index contributed by atoms with van der Waals surface area (Å²) in [5.74, 6) is 1.97. The van der Waals surface area contributed by atoms with Gasteiger partial charge in [0.05, 0.1) is 13.1 Å². The second-order valence-corrected chi connectivity index (χ2v) is 6.66. The lowest BCUT2D eigenvalue weighted by Gasteiger charge is -2.19. The maximum absolute atomic E-state index is 5.89. The molecule has 2 rings (SSSR count). The van der Waals surface area contributed by atoms with Crippen molar-refractivity contribution in [3.05, 3.63) is 53.5 Å². The number of aryl methyl sites for hydroxylation is 1. The molecule has 1 aromatic heterocycles. The van der Waals surface area contributed by atoms with Crippen LogP contribution in [0.1, 0.15) is 37.9 Å². The van der Waals surface area contributed by atoms with Crippen LogP contribution in [-0.2, 0) is 13.1 Å². The highest BCUT2D eigenvalue weighted by Crippen LogP contribution is 2.18. The van der Waals surface area contributed by atoms with Crippen molar-refractivity contribution in [1.29, 1.82) is 0 Å². The van der Waals surface area contributed by atoms with Gasteiger partial charge in [0.15, 0.2) is 0 Å². The fraction of sp³-hybridized carbons (Fsp3) is 0.444. The molecule has 0 saturated carbocycles. The van der Waals surface area contributed by atoms with E-state index in [9.17, 15) is 0 Å². The van der Waals surface area contributed by atoms with Gasteiger partial charge < -0.3 is 14.6 Å². The lowest BCUT2D eigenvalue weighted by atomic mass is 10.1. The predicted molar refractivity (Wildman–Crippen MR) is 88.6 cm³/mol. The highest BCUT2D eigenvalue weighted by molar-refractivity contribution is 5.46. The van der Waals surface area contributed by atoms with Gasteiger partial charge in [-0.3, -0.25) is 0 Å². The van der Waals surface area contributed by atoms with E-state index in [1.54, 1.807) is 0 Å². The molecule has 1 aromatic carbocycles. The zero-order valence-corrected chi connectivity index (χ0v) is 13.7. The van der Waals surface area contributed by atoms with Gasteiger partial charge in [-0.2, -0.15) is 0 Å². The van der Waals surface area contributed by atoms with Crippen molar-refractivity contribution in [3.63, 3.8) is 0 Å². The van der Waals surface area contributed by atoms with Gasteiger partial charge in [-0.1, -0.05) is 17.7 Å². The van der Waals surface area contributed by atoms with Crippen LogP contribution in [0.2, 0.25) is 0 Å². The van der Waals surface area contributed by atoms with E-state index in [1.165, 1.54) is 11.3 Å². The summed E-state index contributed by atoms with van der Waals surface area (Å²) in [6.07, 6.45) is 0. The van der Waals surface area contributed by atoms with Gasteiger partial charge in [0.2, 0.25) is 0 Å². The average Bonchev–Trinajstić information content (AvgIpc) is 2.84. The first-order valence-electron chi connectivity index (χ1n) is 7.44. The maximum Gasteiger partial charge on any atom is 0.123 e. The molecule has 0 saturated heterocycles. The molecular formula is C18H26N2O. The molecule has 1 N–H and O–H groups in total. The van der Waals surface area contributed by atoms with Crippen molar-refractivity contribution in [2.75, 3.05) is 11.9 Å². The van der Waals surface area contributed by atoms with E-state index in [4.69, 9.17) is 4.42 Å². The molecule has 0 aliphatic heterocycles. The first kappa shape index (κ1) is 15.6. The molecule has 0 bridgehead atoms. The minimum Gasteiger partial charge on any atom is -0.463 e. The molecule has 0 radical (unpaired) electrons. The van der Waals surface area contributed by atoms with Crippen LogP contribution in [0.15, 0.2) is 40.8 Å². The number of furan rings is 1. The van der Waals surface area contributed by atoms with E-state index in [1.807, 2.05) is 0 Å². The number of benzene rings is 1. The zero-order valence-electron chi connectivity index (χ0n) is 13.7. The Morgan fingerprint density at radius 1 is 1.00 bits per heavy atom. The van der Waals surface area contributed by atoms with Gasteiger partial charge in [0, 0.05) is 18.3 Å². The summed E-state index contributed by atoms with van der Waals surface area (Å²) >= 11 is 0. The Kier molecular flexibility index (Phi) is 4.73. The maximum atomic E-state index is 5.89. The number of hydrogen-bond donors (Lipinski definition) is 1. The van der Waals surface area contributed by atoms with E-state index < -0.39 is 0 Å². The molecule has 114 valence electrons. The van der Waals surface area contributed by atoms with Crippen LogP contribution in [0.25, 0.3) is 0 Å². The topological polar surface area (TPSA) is 28.4 Å². The molecule has 1 heterocycles. The third-order valence-corrected chi connectivity index (χ3v) is 3.38. The highest BCUT2D eigenvalue weighted by atomic mass is 16.3. The quantitative estimate of drug-likeness (QED) is 0.896. The first-order valence-corrected chi connectivity index (χ1v) is 7.44. The predicted octanol–water partition coefficient (Wildman–Crippen LogP) is 4.11. The lowest BCUT2D eigenvalue weighted by molar-refractivity contribution is 0.378. The molecule has 2 aromatic rings. The van der Waals surface area contributed by atoms with E-state index in [0.29, 0.717) is 0 Å². The summed E-state index contributed by atoms with van der Waals surface area (Å²) in [5, 5.41) is 3.44. The number of anilines is 1. The van der Waals surface area contributed by atoms with Crippen molar-refractivity contribution in [3.8, 4) is 0 Å². The molecular weight excluding hydrogens is 260 g/mol. The van der Waals surface area contributed by atoms with Crippen LogP contribution in [0, 0.1) is 6.92 Å². The SMILES string of the molecule is Cc1ccc(N(C)Cc2ccc(CNC(C)(C)C)o2)cc1. The van der Waals surface area contributed by atoms with Crippen molar-refractivity contribution < 1.29 is 4.42 Å². The molecule has 0 aliphatic carbocycles. The second-order valence-electron chi connectivity index (χ2n) is 6.66. The summed E-state index contributed by atoms with van der Waals surface area (Å²) in [6.45, 7) is 10.1. The van der Waals surface area contributed by atoms with Crippen molar-refractivity contribution in [1.82, 2.24) is 5.32 Å². The van der Waals surface area contributed by atoms with Gasteiger partial charge >= 0.3 is 0 Å². The Morgan fingerprint density at radius 3 is 2.24 bits per heavy atom. The van der Waals surface area contributed by atoms with Crippen molar-refractivity contribution in [2.24, 2.45) is 0 Å². The van der Waals surface area contributed by atoms with Gasteiger partial charge in [-0.05, 0) is 52.0 Å². The minimum absolute atomic E-state index is 0.103. The number of nitrogens with one attached hydrogen (secondary N) is 1. The van der Waals surface area contributed by atoms with Gasteiger partial charge in [-0.25, -0.2) is 0 Å². The Bertz CT molecular complexity index is 564. The largest absolute Gasteiger partial charge is 0.463 e. The molecule has 0 atom stereocenters. The zero-order chi connectivity index (χ0) is 15.5. The van der Waals surface area contributed by atoms with Crippen molar-refractivity contribution in [2.45, 2.75) is 46.3 Å². The molecule has 0 fully saturated rings. The minimum atomic E-state index is 0.103. The first-order chi connectivity index (χ1) is 9.83. The van der Waals surface area contributed by atoms with Crippen LogP contribution in [-0.4, -0.2) is 12.6 Å². The van der Waals surface area contributed by atoms with Crippen LogP contribution >= 0.6 is 0 Å². The number of rotatable bonds is 5. The van der Waals surface area contributed by atoms with E-state index >= 15 is 0 Å². The summed E-state index contributed by atoms with van der Waals surface area (Å²) in [5.41, 5.74) is 2.58. The Morgan fingerprint density at radius 2 is 1.62 bits per heavy atom.